The molecule has 108 valence electrons. The number of aromatic nitrogens is 3. The van der Waals surface area contributed by atoms with E-state index in [0.717, 1.165) is 0 Å². The Morgan fingerprint density at radius 2 is 2.25 bits per heavy atom. The van der Waals surface area contributed by atoms with E-state index in [-0.39, 0.29) is 10.8 Å². The number of rotatable bonds is 2. The Balaban J connectivity index is 2.10. The van der Waals surface area contributed by atoms with Crippen LogP contribution in [0.25, 0.3) is 11.0 Å². The second-order valence-electron chi connectivity index (χ2n) is 4.52. The molecule has 0 bridgehead atoms. The van der Waals surface area contributed by atoms with Crippen molar-refractivity contribution in [2.45, 2.75) is 24.6 Å². The molecule has 1 fully saturated rings. The first-order valence-electron chi connectivity index (χ1n) is 5.89. The molecule has 20 heavy (non-hydrogen) atoms. The maximum atomic E-state index is 14.1. The van der Waals surface area contributed by atoms with E-state index < -0.39 is 31.2 Å². The van der Waals surface area contributed by atoms with Crippen molar-refractivity contribution in [3.8, 4) is 0 Å². The van der Waals surface area contributed by atoms with Crippen molar-refractivity contribution in [3.63, 3.8) is 0 Å². The lowest BCUT2D eigenvalue weighted by Gasteiger charge is -2.15. The third-order valence-corrected chi connectivity index (χ3v) is 3.63. The molecule has 0 saturated carbocycles. The third kappa shape index (κ3) is 1.84. The fourth-order valence-corrected chi connectivity index (χ4v) is 2.62. The Hall–Kier alpha value is -1.48. The number of hydrogen-bond acceptors (Lipinski definition) is 6. The molecule has 1 saturated heterocycles. The van der Waals surface area contributed by atoms with E-state index in [1.807, 2.05) is 0 Å². The van der Waals surface area contributed by atoms with Crippen LogP contribution >= 0.6 is 11.6 Å². The van der Waals surface area contributed by atoms with Crippen LogP contribution in [-0.2, 0) is 4.74 Å². The number of nitrogen functional groups attached to an aromatic ring is 1. The summed E-state index contributed by atoms with van der Waals surface area (Å²) in [4.78, 5) is 7.83. The summed E-state index contributed by atoms with van der Waals surface area (Å²) in [6, 6.07) is 0. The molecule has 0 aromatic carbocycles. The van der Waals surface area contributed by atoms with Gasteiger partial charge in [0.15, 0.2) is 12.4 Å². The van der Waals surface area contributed by atoms with Gasteiger partial charge in [0.25, 0.3) is 0 Å². The van der Waals surface area contributed by atoms with Crippen LogP contribution < -0.4 is 5.73 Å². The summed E-state index contributed by atoms with van der Waals surface area (Å²) in [6.07, 6.45) is -2.61. The molecule has 0 amide bonds. The monoisotopic (exact) mass is 302 g/mol. The molecule has 1 aliphatic rings. The van der Waals surface area contributed by atoms with E-state index in [1.165, 1.54) is 17.1 Å². The average molecular weight is 303 g/mol. The molecule has 1 aliphatic heterocycles. The number of fused-ring (bicyclic) bond motifs is 1. The highest BCUT2D eigenvalue weighted by Crippen LogP contribution is 2.37. The SMILES string of the molecule is Nc1ncnc2c1c(Cl)cn2[C@@H]1O[C@H](CO)[C@@H](O)[C@@H]1F. The first-order valence-corrected chi connectivity index (χ1v) is 6.27. The van der Waals surface area contributed by atoms with Gasteiger partial charge in [0.05, 0.1) is 17.0 Å². The fraction of sp³-hybridized carbons (Fsp3) is 0.455. The summed E-state index contributed by atoms with van der Waals surface area (Å²) in [6.45, 7) is -0.484. The maximum absolute atomic E-state index is 14.1. The number of nitrogens with two attached hydrogens (primary N) is 1. The normalized spacial score (nSPS) is 30.2. The fourth-order valence-electron chi connectivity index (χ4n) is 2.33. The summed E-state index contributed by atoms with van der Waals surface area (Å²) in [5.41, 5.74) is 6.02. The van der Waals surface area contributed by atoms with E-state index in [9.17, 15) is 9.50 Å². The minimum atomic E-state index is -1.71. The number of halogens is 2. The highest BCUT2D eigenvalue weighted by Gasteiger charge is 2.45. The van der Waals surface area contributed by atoms with Crippen molar-refractivity contribution < 1.29 is 19.3 Å². The molecule has 9 heteroatoms. The first kappa shape index (κ1) is 13.5. The zero-order valence-electron chi connectivity index (χ0n) is 10.1. The number of nitrogens with zero attached hydrogens (tertiary/aromatic N) is 3. The van der Waals surface area contributed by atoms with Crippen molar-refractivity contribution in [1.82, 2.24) is 14.5 Å². The number of ether oxygens (including phenoxy) is 1. The Kier molecular flexibility index (Phi) is 3.25. The molecule has 7 nitrogen and oxygen atoms in total. The van der Waals surface area contributed by atoms with Gasteiger partial charge in [-0.2, -0.15) is 0 Å². The molecular weight excluding hydrogens is 291 g/mol. The second kappa shape index (κ2) is 4.81. The van der Waals surface area contributed by atoms with Gasteiger partial charge >= 0.3 is 0 Å². The van der Waals surface area contributed by atoms with Gasteiger partial charge in [-0.3, -0.25) is 0 Å². The van der Waals surface area contributed by atoms with Crippen molar-refractivity contribution in [2.24, 2.45) is 0 Å². The molecule has 2 aromatic rings. The number of anilines is 1. The van der Waals surface area contributed by atoms with Crippen LogP contribution in [0, 0.1) is 0 Å². The van der Waals surface area contributed by atoms with Gasteiger partial charge in [0.2, 0.25) is 0 Å². The summed E-state index contributed by atoms with van der Waals surface area (Å²) in [7, 11) is 0. The van der Waals surface area contributed by atoms with Gasteiger partial charge in [-0.25, -0.2) is 14.4 Å². The van der Waals surface area contributed by atoms with E-state index in [2.05, 4.69) is 9.97 Å². The summed E-state index contributed by atoms with van der Waals surface area (Å²) in [5.74, 6) is 0.173. The van der Waals surface area contributed by atoms with Crippen molar-refractivity contribution in [2.75, 3.05) is 12.3 Å². The van der Waals surface area contributed by atoms with E-state index in [0.29, 0.717) is 11.0 Å². The maximum Gasteiger partial charge on any atom is 0.173 e. The van der Waals surface area contributed by atoms with Gasteiger partial charge in [-0.15, -0.1) is 0 Å². The molecule has 0 radical (unpaired) electrons. The molecule has 0 aliphatic carbocycles. The van der Waals surface area contributed by atoms with Gasteiger partial charge in [-0.05, 0) is 0 Å². The highest BCUT2D eigenvalue weighted by molar-refractivity contribution is 6.36. The van der Waals surface area contributed by atoms with Crippen molar-refractivity contribution in [1.29, 1.82) is 0 Å². The van der Waals surface area contributed by atoms with E-state index >= 15 is 0 Å². The lowest BCUT2D eigenvalue weighted by Crippen LogP contribution is -2.30. The minimum absolute atomic E-state index is 0.173. The Labute approximate surface area is 117 Å². The lowest BCUT2D eigenvalue weighted by atomic mass is 10.1. The Morgan fingerprint density at radius 3 is 2.90 bits per heavy atom. The number of aliphatic hydroxyl groups is 2. The molecule has 3 rings (SSSR count). The quantitative estimate of drug-likeness (QED) is 0.734. The standard InChI is InChI=1S/C11H12ClFN4O3/c12-4-1-17(10-6(4)9(14)15-3-16-10)11-7(13)8(19)5(2-18)20-11/h1,3,5,7-8,11,18-19H,2H2,(H2,14,15,16)/t5-,7+,8-,11-/m1/s1. The molecular formula is C11H12ClFN4O3. The molecule has 4 atom stereocenters. The predicted octanol–water partition coefficient (Wildman–Crippen LogP) is 0.256. The van der Waals surface area contributed by atoms with Crippen LogP contribution in [0.15, 0.2) is 12.5 Å². The topological polar surface area (TPSA) is 106 Å². The molecule has 0 unspecified atom stereocenters. The average Bonchev–Trinajstić information content (AvgIpc) is 2.90. The van der Waals surface area contributed by atoms with E-state index in [4.69, 9.17) is 27.2 Å². The zero-order chi connectivity index (χ0) is 14.4. The molecule has 0 spiro atoms. The van der Waals surface area contributed by atoms with Crippen LogP contribution in [0.5, 0.6) is 0 Å². The van der Waals surface area contributed by atoms with Crippen LogP contribution in [-0.4, -0.2) is 49.7 Å². The van der Waals surface area contributed by atoms with Crippen LogP contribution in [0.4, 0.5) is 10.2 Å². The van der Waals surface area contributed by atoms with Crippen LogP contribution in [0.3, 0.4) is 0 Å². The second-order valence-corrected chi connectivity index (χ2v) is 4.93. The third-order valence-electron chi connectivity index (χ3n) is 3.34. The van der Waals surface area contributed by atoms with Crippen LogP contribution in [0.2, 0.25) is 5.02 Å². The van der Waals surface area contributed by atoms with Crippen molar-refractivity contribution >= 4 is 28.5 Å². The summed E-state index contributed by atoms with van der Waals surface area (Å²) >= 11 is 6.05. The Bertz CT molecular complexity index is 652. The largest absolute Gasteiger partial charge is 0.394 e. The van der Waals surface area contributed by atoms with Gasteiger partial charge in [0, 0.05) is 6.20 Å². The number of hydrogen-bond donors (Lipinski definition) is 3. The highest BCUT2D eigenvalue weighted by atomic mass is 35.5. The van der Waals surface area contributed by atoms with Gasteiger partial charge < -0.3 is 25.3 Å². The number of aliphatic hydroxyl groups excluding tert-OH is 2. The summed E-state index contributed by atoms with van der Waals surface area (Å²) in [5, 5.41) is 19.4. The number of alkyl halides is 1. The lowest BCUT2D eigenvalue weighted by molar-refractivity contribution is -0.0457. The van der Waals surface area contributed by atoms with Gasteiger partial charge in [0.1, 0.15) is 30.0 Å². The van der Waals surface area contributed by atoms with Crippen LogP contribution in [0.1, 0.15) is 6.23 Å². The zero-order valence-corrected chi connectivity index (χ0v) is 10.9. The minimum Gasteiger partial charge on any atom is -0.394 e. The van der Waals surface area contributed by atoms with Gasteiger partial charge in [-0.1, -0.05) is 11.6 Å². The first-order chi connectivity index (χ1) is 9.54. The predicted molar refractivity (Wildman–Crippen MR) is 68.8 cm³/mol. The molecule has 4 N–H and O–H groups in total. The van der Waals surface area contributed by atoms with E-state index in [1.54, 1.807) is 0 Å². The molecule has 2 aromatic heterocycles. The van der Waals surface area contributed by atoms with Crippen molar-refractivity contribution in [3.05, 3.63) is 17.5 Å². The smallest absolute Gasteiger partial charge is 0.173 e. The summed E-state index contributed by atoms with van der Waals surface area (Å²) < 4.78 is 20.8. The Morgan fingerprint density at radius 1 is 1.50 bits per heavy atom. The molecule has 3 heterocycles.